The molecule has 0 radical (unpaired) electrons. The molecule has 5 aromatic rings. The third kappa shape index (κ3) is 9.21. The number of ether oxygens (including phenoxy) is 1. The first-order valence-electron chi connectivity index (χ1n) is 17.9. The van der Waals surface area contributed by atoms with Crippen LogP contribution < -0.4 is 10.6 Å². The molecule has 0 aliphatic carbocycles. The molecule has 3 aromatic carbocycles. The number of benzene rings is 3. The van der Waals surface area contributed by atoms with Gasteiger partial charge in [-0.2, -0.15) is 13.2 Å². The number of carbonyl (C=O) groups excluding carboxylic acids is 1. The first kappa shape index (κ1) is 40.4. The molecule has 5 N–H and O–H groups in total. The number of rotatable bonds is 7. The molecule has 2 aliphatic rings. The van der Waals surface area contributed by atoms with Gasteiger partial charge in [-0.3, -0.25) is 9.69 Å². The molecular formula is C40H41F5N6O5. The molecule has 0 unspecified atom stereocenters. The Morgan fingerprint density at radius 1 is 1.00 bits per heavy atom. The van der Waals surface area contributed by atoms with Gasteiger partial charge in [0.05, 0.1) is 29.1 Å². The number of nitrogens with one attached hydrogen (secondary N) is 3. The number of morpholine rings is 1. The van der Waals surface area contributed by atoms with E-state index in [1.165, 1.54) is 50.0 Å². The molecule has 1 spiro atoms. The van der Waals surface area contributed by atoms with Gasteiger partial charge in [0.2, 0.25) is 0 Å². The number of aliphatic hydroxyl groups is 1. The van der Waals surface area contributed by atoms with Crippen LogP contribution >= 0.6 is 0 Å². The second-order valence-electron chi connectivity index (χ2n) is 14.5. The normalized spacial score (nSPS) is 16.0. The number of fused-ring (bicyclic) bond motifs is 1. The number of H-pyrrole nitrogens is 1. The monoisotopic (exact) mass is 780 g/mol. The van der Waals surface area contributed by atoms with Crippen molar-refractivity contribution in [2.75, 3.05) is 38.1 Å². The topological polar surface area (TPSA) is 153 Å². The summed E-state index contributed by atoms with van der Waals surface area (Å²) in [6, 6.07) is 16.9. The predicted octanol–water partition coefficient (Wildman–Crippen LogP) is 6.95. The fourth-order valence-electron chi connectivity index (χ4n) is 6.83. The number of aliphatic carboxylic acids is 1. The van der Waals surface area contributed by atoms with Gasteiger partial charge >= 0.3 is 12.1 Å². The molecule has 2 aliphatic heterocycles. The number of alkyl halides is 3. The van der Waals surface area contributed by atoms with Crippen molar-refractivity contribution < 1.29 is 46.5 Å². The van der Waals surface area contributed by atoms with Gasteiger partial charge in [0, 0.05) is 55.1 Å². The first-order chi connectivity index (χ1) is 26.4. The predicted molar refractivity (Wildman–Crippen MR) is 199 cm³/mol. The lowest BCUT2D eigenvalue weighted by atomic mass is 9.90. The number of carboxylic acids is 1. The number of piperidine rings is 1. The first-order valence-corrected chi connectivity index (χ1v) is 17.9. The van der Waals surface area contributed by atoms with Crippen LogP contribution in [0.1, 0.15) is 53.7 Å². The van der Waals surface area contributed by atoms with E-state index in [1.54, 1.807) is 6.92 Å². The highest BCUT2D eigenvalue weighted by Gasteiger charge is 2.38. The van der Waals surface area contributed by atoms with Crippen LogP contribution in [0.2, 0.25) is 0 Å². The van der Waals surface area contributed by atoms with Crippen LogP contribution in [0.5, 0.6) is 0 Å². The minimum Gasteiger partial charge on any atom is -0.475 e. The molecule has 296 valence electrons. The number of amides is 1. The summed E-state index contributed by atoms with van der Waals surface area (Å²) < 4.78 is 67.8. The molecule has 0 saturated carbocycles. The zero-order chi connectivity index (χ0) is 40.4. The van der Waals surface area contributed by atoms with Crippen molar-refractivity contribution in [2.24, 2.45) is 0 Å². The molecule has 7 rings (SSSR count). The number of carboxylic acid groups (broad SMARTS) is 1. The van der Waals surface area contributed by atoms with Gasteiger partial charge in [-0.25, -0.2) is 23.5 Å². The number of anilines is 1. The van der Waals surface area contributed by atoms with Gasteiger partial charge in [0.15, 0.2) is 0 Å². The van der Waals surface area contributed by atoms with Crippen molar-refractivity contribution in [3.8, 4) is 22.5 Å². The molecule has 4 heterocycles. The summed E-state index contributed by atoms with van der Waals surface area (Å²) in [6.07, 6.45) is -1.60. The van der Waals surface area contributed by atoms with E-state index in [1.807, 2.05) is 6.07 Å². The highest BCUT2D eigenvalue weighted by atomic mass is 19.4. The Morgan fingerprint density at radius 2 is 1.70 bits per heavy atom. The van der Waals surface area contributed by atoms with Gasteiger partial charge in [-0.05, 0) is 86.2 Å². The van der Waals surface area contributed by atoms with Crippen molar-refractivity contribution in [3.63, 3.8) is 0 Å². The van der Waals surface area contributed by atoms with Crippen molar-refractivity contribution >= 4 is 28.6 Å². The number of aromatic amines is 1. The number of halogens is 5. The Hall–Kier alpha value is -5.29. The lowest BCUT2D eigenvalue weighted by Gasteiger charge is -2.44. The van der Waals surface area contributed by atoms with E-state index in [0.717, 1.165) is 69.5 Å². The fraction of sp³-hybridized carbons (Fsp3) is 0.350. The van der Waals surface area contributed by atoms with Gasteiger partial charge in [-0.15, -0.1) is 0 Å². The van der Waals surface area contributed by atoms with Crippen LogP contribution in [0, 0.1) is 18.6 Å². The Labute approximate surface area is 318 Å². The third-order valence-electron chi connectivity index (χ3n) is 10.0. The van der Waals surface area contributed by atoms with Crippen LogP contribution in [0.15, 0.2) is 67.0 Å². The van der Waals surface area contributed by atoms with Gasteiger partial charge < -0.3 is 30.6 Å². The maximum absolute atomic E-state index is 15.1. The van der Waals surface area contributed by atoms with Crippen molar-refractivity contribution in [3.05, 3.63) is 101 Å². The SMILES string of the molecule is Cc1c(NC(=O)c2ccc(C(C)(C)O)cc2F)cc(F)cc1-c1ncnc2[nH]c(-c3ccc(CN4CCC5(CC4)CNCCO5)cc3)cc12.O=C(O)C(F)(F)F. The van der Waals surface area contributed by atoms with Crippen molar-refractivity contribution in [1.82, 2.24) is 25.2 Å². The summed E-state index contributed by atoms with van der Waals surface area (Å²) in [5.41, 5.74) is 4.20. The average molecular weight is 781 g/mol. The van der Waals surface area contributed by atoms with E-state index in [4.69, 9.17) is 14.6 Å². The molecule has 1 amide bonds. The fourth-order valence-corrected chi connectivity index (χ4v) is 6.83. The summed E-state index contributed by atoms with van der Waals surface area (Å²) in [5.74, 6) is -4.87. The maximum Gasteiger partial charge on any atom is 0.490 e. The van der Waals surface area contributed by atoms with Gasteiger partial charge in [0.25, 0.3) is 5.91 Å². The zero-order valence-electron chi connectivity index (χ0n) is 30.9. The van der Waals surface area contributed by atoms with E-state index in [-0.39, 0.29) is 16.9 Å². The molecule has 2 aromatic heterocycles. The largest absolute Gasteiger partial charge is 0.490 e. The summed E-state index contributed by atoms with van der Waals surface area (Å²) in [5, 5.41) is 24.2. The van der Waals surface area contributed by atoms with E-state index >= 15 is 4.39 Å². The molecule has 0 bridgehead atoms. The molecule has 56 heavy (non-hydrogen) atoms. The lowest BCUT2D eigenvalue weighted by molar-refractivity contribution is -0.192. The van der Waals surface area contributed by atoms with E-state index in [2.05, 4.69) is 54.8 Å². The smallest absolute Gasteiger partial charge is 0.475 e. The van der Waals surface area contributed by atoms with Gasteiger partial charge in [-0.1, -0.05) is 30.3 Å². The van der Waals surface area contributed by atoms with E-state index < -0.39 is 35.3 Å². The third-order valence-corrected chi connectivity index (χ3v) is 10.0. The summed E-state index contributed by atoms with van der Waals surface area (Å²) in [7, 11) is 0. The Bertz CT molecular complexity index is 2220. The highest BCUT2D eigenvalue weighted by molar-refractivity contribution is 6.06. The average Bonchev–Trinajstić information content (AvgIpc) is 3.59. The Morgan fingerprint density at radius 3 is 2.30 bits per heavy atom. The number of hydrogen-bond donors (Lipinski definition) is 5. The zero-order valence-corrected chi connectivity index (χ0v) is 30.9. The number of hydrogen-bond acceptors (Lipinski definition) is 8. The molecular weight excluding hydrogens is 739 g/mol. The molecule has 2 fully saturated rings. The quantitative estimate of drug-likeness (QED) is 0.111. The molecule has 2 saturated heterocycles. The van der Waals surface area contributed by atoms with Crippen molar-refractivity contribution in [1.29, 1.82) is 0 Å². The highest BCUT2D eigenvalue weighted by Crippen LogP contribution is 2.35. The van der Waals surface area contributed by atoms with Crippen LogP contribution in [-0.4, -0.2) is 86.5 Å². The number of carbonyl (C=O) groups is 2. The lowest BCUT2D eigenvalue weighted by Crippen LogP contribution is -2.55. The standard InChI is InChI=1S/C38H40F2N6O3.C2HF3O2/c1-23-29(17-27(39)18-32(23)45-36(47)28-9-8-26(16-31(28)40)37(2,3)48)34-30-19-33(44-35(30)43-22-42-34)25-6-4-24(5-7-25)20-46-13-10-38(11-14-46)21-41-12-15-49-38;3-2(4,5)1(6)7/h4-9,16-19,22,41,48H,10-15,20-21H2,1-3H3,(H,45,47)(H,42,43,44);(H,6,7). The van der Waals surface area contributed by atoms with E-state index in [9.17, 15) is 27.5 Å². The van der Waals surface area contributed by atoms with Crippen LogP contribution in [-0.2, 0) is 21.7 Å². The van der Waals surface area contributed by atoms with Gasteiger partial charge in [0.1, 0.15) is 23.6 Å². The Kier molecular flexibility index (Phi) is 11.6. The molecule has 0 atom stereocenters. The summed E-state index contributed by atoms with van der Waals surface area (Å²) >= 11 is 0. The van der Waals surface area contributed by atoms with Crippen molar-refractivity contribution in [2.45, 2.75) is 57.5 Å². The van der Waals surface area contributed by atoms with Crippen LogP contribution in [0.3, 0.4) is 0 Å². The van der Waals surface area contributed by atoms with Crippen LogP contribution in [0.25, 0.3) is 33.5 Å². The minimum atomic E-state index is -5.08. The minimum absolute atomic E-state index is 0.0130. The second-order valence-corrected chi connectivity index (χ2v) is 14.5. The van der Waals surface area contributed by atoms with E-state index in [0.29, 0.717) is 33.4 Å². The Balaban J connectivity index is 0.000000695. The number of nitrogens with zero attached hydrogens (tertiary/aromatic N) is 3. The summed E-state index contributed by atoms with van der Waals surface area (Å²) in [4.78, 5) is 36.8. The maximum atomic E-state index is 15.1. The summed E-state index contributed by atoms with van der Waals surface area (Å²) in [6.45, 7) is 10.3. The molecule has 11 nitrogen and oxygen atoms in total. The molecule has 16 heteroatoms. The number of likely N-dealkylation sites (tertiary alicyclic amines) is 1. The number of aromatic nitrogens is 3. The van der Waals surface area contributed by atoms with Crippen LogP contribution in [0.4, 0.5) is 27.6 Å². The second kappa shape index (κ2) is 16.1.